The number of anilines is 1. The molecule has 0 atom stereocenters. The number of hydrogen-bond acceptors (Lipinski definition) is 3. The highest BCUT2D eigenvalue weighted by Gasteiger charge is 2.22. The lowest BCUT2D eigenvalue weighted by molar-refractivity contribution is -0.116. The predicted octanol–water partition coefficient (Wildman–Crippen LogP) is 2.99. The molecular weight excluding hydrogens is 312 g/mol. The molecule has 1 aliphatic heterocycles. The molecule has 0 aliphatic carbocycles. The van der Waals surface area contributed by atoms with Crippen molar-refractivity contribution in [2.24, 2.45) is 0 Å². The number of benzene rings is 1. The molecule has 0 spiro atoms. The molecule has 1 amide bonds. The van der Waals surface area contributed by atoms with Gasteiger partial charge in [0.25, 0.3) is 0 Å². The molecule has 2 rings (SSSR count). The summed E-state index contributed by atoms with van der Waals surface area (Å²) in [7, 11) is 0. The highest BCUT2D eigenvalue weighted by molar-refractivity contribution is 9.10. The van der Waals surface area contributed by atoms with Crippen molar-refractivity contribution < 1.29 is 4.79 Å². The van der Waals surface area contributed by atoms with Crippen LogP contribution in [0.2, 0.25) is 0 Å². The van der Waals surface area contributed by atoms with Crippen LogP contribution in [-0.2, 0) is 11.2 Å². The summed E-state index contributed by atoms with van der Waals surface area (Å²) < 4.78 is 1.05. The van der Waals surface area contributed by atoms with Gasteiger partial charge in [-0.15, -0.1) is 11.8 Å². The summed E-state index contributed by atoms with van der Waals surface area (Å²) in [5.41, 5.74) is 2.24. The number of rotatable bonds is 3. The first-order chi connectivity index (χ1) is 8.72. The molecule has 0 aromatic heterocycles. The maximum atomic E-state index is 12.1. The maximum absolute atomic E-state index is 12.1. The van der Waals surface area contributed by atoms with Crippen LogP contribution in [0.5, 0.6) is 0 Å². The van der Waals surface area contributed by atoms with E-state index in [0.29, 0.717) is 11.5 Å². The average Bonchev–Trinajstić information content (AvgIpc) is 2.37. The third-order valence-corrected chi connectivity index (χ3v) is 4.13. The van der Waals surface area contributed by atoms with E-state index in [1.165, 1.54) is 17.3 Å². The molecule has 0 fully saturated rings. The number of fused-ring (bicyclic) bond motifs is 1. The van der Waals surface area contributed by atoms with Crippen LogP contribution < -0.4 is 4.90 Å². The Morgan fingerprint density at radius 2 is 2.39 bits per heavy atom. The zero-order chi connectivity index (χ0) is 13.0. The normalized spacial score (nSPS) is 13.9. The van der Waals surface area contributed by atoms with Gasteiger partial charge >= 0.3 is 0 Å². The summed E-state index contributed by atoms with van der Waals surface area (Å²) in [6, 6.07) is 8.08. The lowest BCUT2D eigenvalue weighted by Gasteiger charge is -2.29. The molecule has 3 nitrogen and oxygen atoms in total. The van der Waals surface area contributed by atoms with Gasteiger partial charge in [0.15, 0.2) is 0 Å². The van der Waals surface area contributed by atoms with E-state index in [-0.39, 0.29) is 5.91 Å². The summed E-state index contributed by atoms with van der Waals surface area (Å²) in [6.45, 7) is 0.778. The Morgan fingerprint density at radius 1 is 1.56 bits per heavy atom. The third-order valence-electron chi connectivity index (χ3n) is 2.85. The highest BCUT2D eigenvalue weighted by Crippen LogP contribution is 2.30. The first kappa shape index (κ1) is 13.4. The van der Waals surface area contributed by atoms with E-state index >= 15 is 0 Å². The first-order valence-corrected chi connectivity index (χ1v) is 7.70. The second kappa shape index (κ2) is 6.26. The number of carbonyl (C=O) groups excluding carboxylic acids is 1. The minimum absolute atomic E-state index is 0.0959. The number of carbonyl (C=O) groups is 1. The molecule has 1 aliphatic rings. The topological polar surface area (TPSA) is 44.1 Å². The van der Waals surface area contributed by atoms with Crippen LogP contribution in [0.15, 0.2) is 22.7 Å². The van der Waals surface area contributed by atoms with Crippen molar-refractivity contribution in [1.29, 1.82) is 5.26 Å². The van der Waals surface area contributed by atoms with Gasteiger partial charge in [0, 0.05) is 16.7 Å². The first-order valence-electron chi connectivity index (χ1n) is 5.76. The van der Waals surface area contributed by atoms with Gasteiger partial charge in [0.2, 0.25) is 5.91 Å². The van der Waals surface area contributed by atoms with Crippen molar-refractivity contribution in [1.82, 2.24) is 0 Å². The second-order valence-corrected chi connectivity index (χ2v) is 5.97. The number of thioether (sulfide) groups is 1. The van der Waals surface area contributed by atoms with E-state index in [1.54, 1.807) is 0 Å². The lowest BCUT2D eigenvalue weighted by Crippen LogP contribution is -2.36. The number of hydrogen-bond donors (Lipinski definition) is 0. The van der Waals surface area contributed by atoms with Crippen LogP contribution >= 0.6 is 27.7 Å². The molecule has 0 saturated carbocycles. The molecule has 0 radical (unpaired) electrons. The Labute approximate surface area is 119 Å². The van der Waals surface area contributed by atoms with Crippen LogP contribution in [-0.4, -0.2) is 24.0 Å². The molecule has 1 aromatic carbocycles. The van der Waals surface area contributed by atoms with Crippen molar-refractivity contribution in [2.45, 2.75) is 12.8 Å². The van der Waals surface area contributed by atoms with E-state index < -0.39 is 0 Å². The van der Waals surface area contributed by atoms with E-state index in [9.17, 15) is 4.79 Å². The fraction of sp³-hybridized carbons (Fsp3) is 0.385. The van der Waals surface area contributed by atoms with Crippen molar-refractivity contribution in [2.75, 3.05) is 23.0 Å². The van der Waals surface area contributed by atoms with Crippen LogP contribution in [0.25, 0.3) is 0 Å². The third kappa shape index (κ3) is 3.06. The summed E-state index contributed by atoms with van der Waals surface area (Å²) in [5, 5.41) is 8.48. The summed E-state index contributed by atoms with van der Waals surface area (Å²) in [5.74, 6) is 0.842. The predicted molar refractivity (Wildman–Crippen MR) is 77.8 cm³/mol. The van der Waals surface area contributed by atoms with Crippen LogP contribution in [0.3, 0.4) is 0 Å². The van der Waals surface area contributed by atoms with Crippen molar-refractivity contribution in [3.05, 3.63) is 28.2 Å². The number of nitrogens with zero attached hydrogens (tertiary/aromatic N) is 2. The van der Waals surface area contributed by atoms with E-state index in [1.807, 2.05) is 23.1 Å². The summed E-state index contributed by atoms with van der Waals surface area (Å²) in [4.78, 5) is 13.9. The molecule has 0 saturated heterocycles. The molecule has 0 bridgehead atoms. The van der Waals surface area contributed by atoms with Crippen LogP contribution in [0.4, 0.5) is 5.69 Å². The average molecular weight is 325 g/mol. The monoisotopic (exact) mass is 324 g/mol. The summed E-state index contributed by atoms with van der Waals surface area (Å²) in [6.07, 6.45) is 2.02. The quantitative estimate of drug-likeness (QED) is 0.803. The van der Waals surface area contributed by atoms with Gasteiger partial charge in [-0.25, -0.2) is 0 Å². The highest BCUT2D eigenvalue weighted by atomic mass is 79.9. The Bertz CT molecular complexity index is 498. The van der Waals surface area contributed by atoms with Gasteiger partial charge in [-0.2, -0.15) is 5.26 Å². The van der Waals surface area contributed by atoms with Gasteiger partial charge in [-0.05, 0) is 36.6 Å². The minimum atomic E-state index is 0.0959. The smallest absolute Gasteiger partial charge is 0.237 e. The Hall–Kier alpha value is -0.990. The van der Waals surface area contributed by atoms with Crippen molar-refractivity contribution in [3.8, 4) is 6.07 Å². The fourth-order valence-corrected chi connectivity index (χ4v) is 3.02. The molecule has 18 heavy (non-hydrogen) atoms. The number of amides is 1. The minimum Gasteiger partial charge on any atom is -0.311 e. The molecule has 0 N–H and O–H groups in total. The van der Waals surface area contributed by atoms with Crippen molar-refractivity contribution >= 4 is 39.3 Å². The molecule has 1 aromatic rings. The van der Waals surface area contributed by atoms with E-state index in [2.05, 4.69) is 22.0 Å². The molecule has 5 heteroatoms. The Kier molecular flexibility index (Phi) is 4.67. The zero-order valence-electron chi connectivity index (χ0n) is 9.86. The Balaban J connectivity index is 2.12. The van der Waals surface area contributed by atoms with E-state index in [0.717, 1.165) is 29.5 Å². The zero-order valence-corrected chi connectivity index (χ0v) is 12.3. The largest absolute Gasteiger partial charge is 0.311 e. The Morgan fingerprint density at radius 3 is 3.17 bits per heavy atom. The lowest BCUT2D eigenvalue weighted by atomic mass is 10.0. The van der Waals surface area contributed by atoms with Crippen molar-refractivity contribution in [3.63, 3.8) is 0 Å². The van der Waals surface area contributed by atoms with Gasteiger partial charge in [-0.3, -0.25) is 4.79 Å². The molecule has 94 valence electrons. The van der Waals surface area contributed by atoms with Crippen LogP contribution in [0, 0.1) is 11.3 Å². The fourth-order valence-electron chi connectivity index (χ4n) is 2.09. The van der Waals surface area contributed by atoms with Gasteiger partial charge in [0.05, 0.1) is 17.6 Å². The standard InChI is InChI=1S/C13H13BrN2OS/c14-11-3-4-12-10(8-11)2-1-6-16(12)13(17)9-18-7-5-15/h3-4,8H,1-2,6-7,9H2. The molecule has 0 unspecified atom stereocenters. The maximum Gasteiger partial charge on any atom is 0.237 e. The molecule has 1 heterocycles. The SMILES string of the molecule is N#CCSCC(=O)N1CCCc2cc(Br)ccc21. The van der Waals surface area contributed by atoms with Gasteiger partial charge < -0.3 is 4.90 Å². The van der Waals surface area contributed by atoms with Gasteiger partial charge in [-0.1, -0.05) is 15.9 Å². The number of halogens is 1. The van der Waals surface area contributed by atoms with Gasteiger partial charge in [0.1, 0.15) is 0 Å². The summed E-state index contributed by atoms with van der Waals surface area (Å²) >= 11 is 4.83. The molecular formula is C13H13BrN2OS. The van der Waals surface area contributed by atoms with E-state index in [4.69, 9.17) is 5.26 Å². The number of aryl methyl sites for hydroxylation is 1. The second-order valence-electron chi connectivity index (χ2n) is 4.07. The number of nitriles is 1. The van der Waals surface area contributed by atoms with Crippen LogP contribution in [0.1, 0.15) is 12.0 Å².